The van der Waals surface area contributed by atoms with Crippen molar-refractivity contribution in [2.24, 2.45) is 0 Å². The number of halogens is 1. The zero-order valence-electron chi connectivity index (χ0n) is 11.7. The van der Waals surface area contributed by atoms with Crippen LogP contribution in [0.4, 0.5) is 0 Å². The molecule has 0 fully saturated rings. The second kappa shape index (κ2) is 6.36. The summed E-state index contributed by atoms with van der Waals surface area (Å²) in [7, 11) is 0. The molecule has 100 valence electrons. The molecule has 2 rings (SSSR count). The molecular formula is C17H20BrN. The third kappa shape index (κ3) is 3.92. The lowest BCUT2D eigenvalue weighted by molar-refractivity contribution is 0.574. The van der Waals surface area contributed by atoms with Crippen LogP contribution in [0.1, 0.15) is 35.2 Å². The fraction of sp³-hybridized carbons (Fsp3) is 0.294. The molecule has 0 bridgehead atoms. The fourth-order valence-electron chi connectivity index (χ4n) is 2.05. The van der Waals surface area contributed by atoms with Crippen molar-refractivity contribution in [3.05, 3.63) is 69.2 Å². The SMILES string of the molecule is Cc1ccc(CNC(C)c2ccc(Br)cc2)cc1C. The Balaban J connectivity index is 1.98. The molecule has 0 saturated carbocycles. The summed E-state index contributed by atoms with van der Waals surface area (Å²) in [5.74, 6) is 0. The molecule has 0 aromatic heterocycles. The van der Waals surface area contributed by atoms with Crippen LogP contribution in [-0.4, -0.2) is 0 Å². The van der Waals surface area contributed by atoms with Gasteiger partial charge in [-0.05, 0) is 55.2 Å². The highest BCUT2D eigenvalue weighted by Gasteiger charge is 2.05. The first-order valence-corrected chi connectivity index (χ1v) is 7.40. The lowest BCUT2D eigenvalue weighted by Crippen LogP contribution is -2.18. The van der Waals surface area contributed by atoms with Crippen LogP contribution in [0, 0.1) is 13.8 Å². The summed E-state index contributed by atoms with van der Waals surface area (Å²) in [6.45, 7) is 7.41. The maximum atomic E-state index is 3.57. The number of hydrogen-bond donors (Lipinski definition) is 1. The van der Waals surface area contributed by atoms with Crippen LogP contribution in [-0.2, 0) is 6.54 Å². The number of benzene rings is 2. The second-order valence-corrected chi connectivity index (χ2v) is 5.99. The van der Waals surface area contributed by atoms with Gasteiger partial charge in [0.1, 0.15) is 0 Å². The van der Waals surface area contributed by atoms with Crippen LogP contribution in [0.5, 0.6) is 0 Å². The molecule has 2 aromatic carbocycles. The zero-order valence-corrected chi connectivity index (χ0v) is 13.3. The summed E-state index contributed by atoms with van der Waals surface area (Å²) in [6.07, 6.45) is 0. The molecule has 0 amide bonds. The predicted molar refractivity (Wildman–Crippen MR) is 85.3 cm³/mol. The molecule has 1 atom stereocenters. The van der Waals surface area contributed by atoms with Gasteiger partial charge in [-0.3, -0.25) is 0 Å². The molecule has 0 saturated heterocycles. The molecule has 0 aliphatic heterocycles. The predicted octanol–water partition coefficient (Wildman–Crippen LogP) is 4.92. The topological polar surface area (TPSA) is 12.0 Å². The van der Waals surface area contributed by atoms with E-state index in [1.165, 1.54) is 22.3 Å². The van der Waals surface area contributed by atoms with E-state index in [0.29, 0.717) is 6.04 Å². The first kappa shape index (κ1) is 14.3. The van der Waals surface area contributed by atoms with Gasteiger partial charge in [0, 0.05) is 17.1 Å². The minimum Gasteiger partial charge on any atom is -0.306 e. The number of hydrogen-bond acceptors (Lipinski definition) is 1. The Kier molecular flexibility index (Phi) is 4.78. The van der Waals surface area contributed by atoms with E-state index >= 15 is 0 Å². The van der Waals surface area contributed by atoms with Gasteiger partial charge in [0.15, 0.2) is 0 Å². The van der Waals surface area contributed by atoms with Gasteiger partial charge in [-0.25, -0.2) is 0 Å². The molecule has 1 unspecified atom stereocenters. The Morgan fingerprint density at radius 1 is 1.00 bits per heavy atom. The van der Waals surface area contributed by atoms with Gasteiger partial charge >= 0.3 is 0 Å². The van der Waals surface area contributed by atoms with E-state index in [-0.39, 0.29) is 0 Å². The third-order valence-electron chi connectivity index (χ3n) is 3.55. The molecule has 0 aliphatic carbocycles. The van der Waals surface area contributed by atoms with Crippen LogP contribution >= 0.6 is 15.9 Å². The molecule has 2 aromatic rings. The Bertz CT molecular complexity index is 546. The second-order valence-electron chi connectivity index (χ2n) is 5.07. The Labute approximate surface area is 124 Å². The van der Waals surface area contributed by atoms with Crippen molar-refractivity contribution in [3.8, 4) is 0 Å². The quantitative estimate of drug-likeness (QED) is 0.844. The molecule has 0 spiro atoms. The maximum absolute atomic E-state index is 3.57. The Morgan fingerprint density at radius 3 is 2.32 bits per heavy atom. The monoisotopic (exact) mass is 317 g/mol. The first-order chi connectivity index (χ1) is 9.06. The first-order valence-electron chi connectivity index (χ1n) is 6.61. The molecule has 0 radical (unpaired) electrons. The molecule has 1 N–H and O–H groups in total. The Morgan fingerprint density at radius 2 is 1.68 bits per heavy atom. The van der Waals surface area contributed by atoms with Crippen molar-refractivity contribution >= 4 is 15.9 Å². The molecule has 0 heterocycles. The van der Waals surface area contributed by atoms with E-state index in [4.69, 9.17) is 0 Å². The minimum absolute atomic E-state index is 0.356. The van der Waals surface area contributed by atoms with E-state index < -0.39 is 0 Å². The summed E-state index contributed by atoms with van der Waals surface area (Å²) < 4.78 is 1.12. The Hall–Kier alpha value is -1.12. The summed E-state index contributed by atoms with van der Waals surface area (Å²) in [6, 6.07) is 15.5. The minimum atomic E-state index is 0.356. The lowest BCUT2D eigenvalue weighted by Gasteiger charge is -2.15. The standard InChI is InChI=1S/C17H20BrN/c1-12-4-5-15(10-13(12)2)11-19-14(3)16-6-8-17(18)9-7-16/h4-10,14,19H,11H2,1-3H3. The molecule has 19 heavy (non-hydrogen) atoms. The van der Waals surface area contributed by atoms with Crippen molar-refractivity contribution < 1.29 is 0 Å². The van der Waals surface area contributed by atoms with Gasteiger partial charge in [-0.2, -0.15) is 0 Å². The van der Waals surface area contributed by atoms with E-state index in [0.717, 1.165) is 11.0 Å². The highest BCUT2D eigenvalue weighted by atomic mass is 79.9. The summed E-state index contributed by atoms with van der Waals surface area (Å²) >= 11 is 3.46. The van der Waals surface area contributed by atoms with Crippen molar-refractivity contribution in [2.45, 2.75) is 33.4 Å². The van der Waals surface area contributed by atoms with Crippen molar-refractivity contribution in [1.82, 2.24) is 5.32 Å². The summed E-state index contributed by atoms with van der Waals surface area (Å²) in [4.78, 5) is 0. The number of rotatable bonds is 4. The van der Waals surface area contributed by atoms with E-state index in [1.807, 2.05) is 0 Å². The summed E-state index contributed by atoms with van der Waals surface area (Å²) in [5, 5.41) is 3.57. The van der Waals surface area contributed by atoms with Crippen molar-refractivity contribution in [1.29, 1.82) is 0 Å². The van der Waals surface area contributed by atoms with Crippen LogP contribution < -0.4 is 5.32 Å². The number of aryl methyl sites for hydroxylation is 2. The summed E-state index contributed by atoms with van der Waals surface area (Å²) in [5.41, 5.74) is 5.36. The van der Waals surface area contributed by atoms with Crippen LogP contribution in [0.2, 0.25) is 0 Å². The highest BCUT2D eigenvalue weighted by Crippen LogP contribution is 2.17. The molecule has 2 heteroatoms. The van der Waals surface area contributed by atoms with Crippen LogP contribution in [0.3, 0.4) is 0 Å². The van der Waals surface area contributed by atoms with E-state index in [2.05, 4.69) is 84.5 Å². The van der Waals surface area contributed by atoms with E-state index in [1.54, 1.807) is 0 Å². The van der Waals surface area contributed by atoms with Gasteiger partial charge in [0.2, 0.25) is 0 Å². The lowest BCUT2D eigenvalue weighted by atomic mass is 10.1. The normalized spacial score (nSPS) is 12.4. The largest absolute Gasteiger partial charge is 0.306 e. The maximum Gasteiger partial charge on any atom is 0.0294 e. The van der Waals surface area contributed by atoms with Crippen LogP contribution in [0.15, 0.2) is 46.9 Å². The van der Waals surface area contributed by atoms with Gasteiger partial charge in [-0.15, -0.1) is 0 Å². The molecule has 0 aliphatic rings. The zero-order chi connectivity index (χ0) is 13.8. The van der Waals surface area contributed by atoms with Gasteiger partial charge in [0.25, 0.3) is 0 Å². The average Bonchev–Trinajstić information content (AvgIpc) is 2.40. The molecule has 1 nitrogen and oxygen atoms in total. The highest BCUT2D eigenvalue weighted by molar-refractivity contribution is 9.10. The molecular weight excluding hydrogens is 298 g/mol. The third-order valence-corrected chi connectivity index (χ3v) is 4.08. The van der Waals surface area contributed by atoms with Crippen LogP contribution in [0.25, 0.3) is 0 Å². The smallest absolute Gasteiger partial charge is 0.0294 e. The van der Waals surface area contributed by atoms with Crippen molar-refractivity contribution in [3.63, 3.8) is 0 Å². The fourth-order valence-corrected chi connectivity index (χ4v) is 2.32. The average molecular weight is 318 g/mol. The van der Waals surface area contributed by atoms with Crippen molar-refractivity contribution in [2.75, 3.05) is 0 Å². The van der Waals surface area contributed by atoms with Gasteiger partial charge in [-0.1, -0.05) is 46.3 Å². The van der Waals surface area contributed by atoms with Gasteiger partial charge in [0.05, 0.1) is 0 Å². The van der Waals surface area contributed by atoms with Gasteiger partial charge < -0.3 is 5.32 Å². The van der Waals surface area contributed by atoms with E-state index in [9.17, 15) is 0 Å². The number of nitrogens with one attached hydrogen (secondary N) is 1.